The van der Waals surface area contributed by atoms with Crippen LogP contribution in [0.1, 0.15) is 31.7 Å². The van der Waals surface area contributed by atoms with Gasteiger partial charge in [0.25, 0.3) is 0 Å². The predicted octanol–water partition coefficient (Wildman–Crippen LogP) is 2.13. The molecule has 1 heterocycles. The SMILES string of the molecule is CC(C)c1ccccc1OCCNC1=NCCCN1. The van der Waals surface area contributed by atoms with E-state index in [0.29, 0.717) is 12.5 Å². The molecule has 0 radical (unpaired) electrons. The van der Waals surface area contributed by atoms with Gasteiger partial charge in [-0.05, 0) is 24.0 Å². The molecule has 0 saturated carbocycles. The molecule has 1 aromatic carbocycles. The second-order valence-corrected chi connectivity index (χ2v) is 4.98. The summed E-state index contributed by atoms with van der Waals surface area (Å²) in [6, 6.07) is 8.23. The summed E-state index contributed by atoms with van der Waals surface area (Å²) in [7, 11) is 0. The zero-order chi connectivity index (χ0) is 13.5. The van der Waals surface area contributed by atoms with Crippen molar-refractivity contribution in [3.63, 3.8) is 0 Å². The number of nitrogens with zero attached hydrogens (tertiary/aromatic N) is 1. The van der Waals surface area contributed by atoms with E-state index in [2.05, 4.69) is 41.6 Å². The molecule has 0 aliphatic carbocycles. The van der Waals surface area contributed by atoms with E-state index < -0.39 is 0 Å². The Morgan fingerprint density at radius 3 is 2.95 bits per heavy atom. The van der Waals surface area contributed by atoms with E-state index in [1.165, 1.54) is 5.56 Å². The maximum absolute atomic E-state index is 5.84. The number of para-hydroxylation sites is 1. The van der Waals surface area contributed by atoms with Crippen LogP contribution in [0.4, 0.5) is 0 Å². The first-order chi connectivity index (χ1) is 9.27. The van der Waals surface area contributed by atoms with E-state index in [1.807, 2.05) is 12.1 Å². The number of ether oxygens (including phenoxy) is 1. The van der Waals surface area contributed by atoms with Crippen LogP contribution in [0.2, 0.25) is 0 Å². The monoisotopic (exact) mass is 261 g/mol. The number of aliphatic imine (C=N–C) groups is 1. The van der Waals surface area contributed by atoms with Gasteiger partial charge in [-0.15, -0.1) is 0 Å². The van der Waals surface area contributed by atoms with E-state index in [1.54, 1.807) is 0 Å². The molecule has 19 heavy (non-hydrogen) atoms. The molecular weight excluding hydrogens is 238 g/mol. The Labute approximate surface area is 115 Å². The first kappa shape index (κ1) is 13.7. The molecule has 0 saturated heterocycles. The lowest BCUT2D eigenvalue weighted by atomic mass is 10.0. The van der Waals surface area contributed by atoms with Crippen LogP contribution in [-0.4, -0.2) is 32.2 Å². The third-order valence-electron chi connectivity index (χ3n) is 3.09. The van der Waals surface area contributed by atoms with Crippen LogP contribution in [-0.2, 0) is 0 Å². The van der Waals surface area contributed by atoms with Crippen LogP contribution in [0, 0.1) is 0 Å². The van der Waals surface area contributed by atoms with Gasteiger partial charge in [0.15, 0.2) is 5.96 Å². The highest BCUT2D eigenvalue weighted by molar-refractivity contribution is 5.80. The number of hydrogen-bond donors (Lipinski definition) is 2. The molecule has 4 heteroatoms. The summed E-state index contributed by atoms with van der Waals surface area (Å²) < 4.78 is 5.84. The third kappa shape index (κ3) is 4.16. The lowest BCUT2D eigenvalue weighted by molar-refractivity contribution is 0.317. The number of guanidine groups is 1. The molecule has 0 fully saturated rings. The number of benzene rings is 1. The molecule has 1 aromatic rings. The lowest BCUT2D eigenvalue weighted by Gasteiger charge is -2.17. The predicted molar refractivity (Wildman–Crippen MR) is 79.0 cm³/mol. The maximum Gasteiger partial charge on any atom is 0.191 e. The van der Waals surface area contributed by atoms with E-state index >= 15 is 0 Å². The van der Waals surface area contributed by atoms with Gasteiger partial charge in [0.1, 0.15) is 12.4 Å². The number of hydrogen-bond acceptors (Lipinski definition) is 4. The summed E-state index contributed by atoms with van der Waals surface area (Å²) in [5.74, 6) is 2.36. The number of nitrogens with one attached hydrogen (secondary N) is 2. The van der Waals surface area contributed by atoms with Crippen molar-refractivity contribution in [1.29, 1.82) is 0 Å². The summed E-state index contributed by atoms with van der Waals surface area (Å²) in [5.41, 5.74) is 1.26. The normalized spacial score (nSPS) is 14.8. The standard InChI is InChI=1S/C15H23N3O/c1-12(2)13-6-3-4-7-14(13)19-11-10-18-15-16-8-5-9-17-15/h3-4,6-7,12H,5,8-11H2,1-2H3,(H2,16,17,18). The molecule has 1 aliphatic heterocycles. The summed E-state index contributed by atoms with van der Waals surface area (Å²) in [6.45, 7) is 7.68. The Balaban J connectivity index is 1.78. The first-order valence-corrected chi connectivity index (χ1v) is 7.01. The largest absolute Gasteiger partial charge is 0.491 e. The molecule has 0 bridgehead atoms. The third-order valence-corrected chi connectivity index (χ3v) is 3.09. The van der Waals surface area contributed by atoms with Crippen LogP contribution in [0.3, 0.4) is 0 Å². The van der Waals surface area contributed by atoms with Crippen molar-refractivity contribution < 1.29 is 4.74 Å². The minimum atomic E-state index is 0.480. The second-order valence-electron chi connectivity index (χ2n) is 4.98. The highest BCUT2D eigenvalue weighted by atomic mass is 16.5. The van der Waals surface area contributed by atoms with Gasteiger partial charge in [-0.3, -0.25) is 4.99 Å². The van der Waals surface area contributed by atoms with Crippen molar-refractivity contribution in [2.24, 2.45) is 4.99 Å². The fourth-order valence-corrected chi connectivity index (χ4v) is 2.07. The van der Waals surface area contributed by atoms with Crippen LogP contribution < -0.4 is 15.4 Å². The Hall–Kier alpha value is -1.71. The van der Waals surface area contributed by atoms with E-state index in [0.717, 1.165) is 37.8 Å². The summed E-state index contributed by atoms with van der Waals surface area (Å²) in [5, 5.41) is 6.49. The van der Waals surface area contributed by atoms with Crippen molar-refractivity contribution >= 4 is 5.96 Å². The zero-order valence-electron chi connectivity index (χ0n) is 11.8. The fourth-order valence-electron chi connectivity index (χ4n) is 2.07. The maximum atomic E-state index is 5.84. The number of rotatable bonds is 5. The summed E-state index contributed by atoms with van der Waals surface area (Å²) in [4.78, 5) is 4.36. The van der Waals surface area contributed by atoms with Crippen LogP contribution in [0.15, 0.2) is 29.3 Å². The van der Waals surface area contributed by atoms with E-state index in [-0.39, 0.29) is 0 Å². The van der Waals surface area contributed by atoms with Gasteiger partial charge in [-0.25, -0.2) is 0 Å². The van der Waals surface area contributed by atoms with Crippen molar-refractivity contribution in [2.45, 2.75) is 26.2 Å². The molecule has 104 valence electrons. The Kier molecular flexibility index (Phi) is 5.07. The lowest BCUT2D eigenvalue weighted by Crippen LogP contribution is -2.42. The van der Waals surface area contributed by atoms with Crippen LogP contribution in [0.5, 0.6) is 5.75 Å². The van der Waals surface area contributed by atoms with E-state index in [4.69, 9.17) is 4.74 Å². The minimum Gasteiger partial charge on any atom is -0.491 e. The average Bonchev–Trinajstić information content (AvgIpc) is 2.45. The van der Waals surface area contributed by atoms with Gasteiger partial charge in [-0.2, -0.15) is 0 Å². The molecule has 0 amide bonds. The Morgan fingerprint density at radius 1 is 1.37 bits per heavy atom. The quantitative estimate of drug-likeness (QED) is 0.798. The Bertz CT molecular complexity index is 429. The van der Waals surface area contributed by atoms with Gasteiger partial charge in [0, 0.05) is 13.1 Å². The molecule has 0 aromatic heterocycles. The van der Waals surface area contributed by atoms with Gasteiger partial charge in [-0.1, -0.05) is 32.0 Å². The van der Waals surface area contributed by atoms with Gasteiger partial charge in [0.2, 0.25) is 0 Å². The molecular formula is C15H23N3O. The molecule has 2 rings (SSSR count). The van der Waals surface area contributed by atoms with E-state index in [9.17, 15) is 0 Å². The van der Waals surface area contributed by atoms with Gasteiger partial charge >= 0.3 is 0 Å². The molecule has 0 spiro atoms. The summed E-state index contributed by atoms with van der Waals surface area (Å²) >= 11 is 0. The topological polar surface area (TPSA) is 45.6 Å². The Morgan fingerprint density at radius 2 is 2.21 bits per heavy atom. The van der Waals surface area contributed by atoms with Crippen LogP contribution >= 0.6 is 0 Å². The minimum absolute atomic E-state index is 0.480. The highest BCUT2D eigenvalue weighted by Gasteiger charge is 2.07. The van der Waals surface area contributed by atoms with Crippen molar-refractivity contribution in [2.75, 3.05) is 26.2 Å². The molecule has 0 unspecified atom stereocenters. The van der Waals surface area contributed by atoms with Gasteiger partial charge in [0.05, 0.1) is 6.54 Å². The van der Waals surface area contributed by atoms with Crippen molar-refractivity contribution in [3.8, 4) is 5.75 Å². The van der Waals surface area contributed by atoms with Gasteiger partial charge < -0.3 is 15.4 Å². The second kappa shape index (κ2) is 7.02. The zero-order valence-corrected chi connectivity index (χ0v) is 11.8. The highest BCUT2D eigenvalue weighted by Crippen LogP contribution is 2.25. The fraction of sp³-hybridized carbons (Fsp3) is 0.533. The molecule has 4 nitrogen and oxygen atoms in total. The average molecular weight is 261 g/mol. The molecule has 2 N–H and O–H groups in total. The van der Waals surface area contributed by atoms with Crippen molar-refractivity contribution in [1.82, 2.24) is 10.6 Å². The van der Waals surface area contributed by atoms with Crippen molar-refractivity contribution in [3.05, 3.63) is 29.8 Å². The molecule has 1 aliphatic rings. The summed E-state index contributed by atoms with van der Waals surface area (Å²) in [6.07, 6.45) is 1.11. The molecule has 0 atom stereocenters. The smallest absolute Gasteiger partial charge is 0.191 e. The van der Waals surface area contributed by atoms with Crippen LogP contribution in [0.25, 0.3) is 0 Å². The first-order valence-electron chi connectivity index (χ1n) is 7.01.